The SMILES string of the molecule is COc1ccccc1/C=C/C(=O)Nc1cc(C)ccc1C. The minimum Gasteiger partial charge on any atom is -0.496 e. The number of benzene rings is 2. The molecule has 0 spiro atoms. The van der Waals surface area contributed by atoms with E-state index in [-0.39, 0.29) is 5.91 Å². The molecule has 0 aliphatic heterocycles. The quantitative estimate of drug-likeness (QED) is 0.861. The summed E-state index contributed by atoms with van der Waals surface area (Å²) < 4.78 is 5.25. The average Bonchev–Trinajstić information content (AvgIpc) is 2.49. The molecule has 3 nitrogen and oxygen atoms in total. The lowest BCUT2D eigenvalue weighted by molar-refractivity contribution is -0.111. The van der Waals surface area contributed by atoms with Crippen LogP contribution in [0.5, 0.6) is 5.75 Å². The molecule has 0 aliphatic carbocycles. The second-order valence-electron chi connectivity index (χ2n) is 4.88. The first-order chi connectivity index (χ1) is 10.1. The van der Waals surface area contributed by atoms with Gasteiger partial charge in [-0.1, -0.05) is 30.3 Å². The van der Waals surface area contributed by atoms with E-state index < -0.39 is 0 Å². The molecule has 2 aromatic carbocycles. The highest BCUT2D eigenvalue weighted by atomic mass is 16.5. The highest BCUT2D eigenvalue weighted by molar-refractivity contribution is 6.02. The van der Waals surface area contributed by atoms with Gasteiger partial charge in [-0.05, 0) is 43.2 Å². The first-order valence-corrected chi connectivity index (χ1v) is 6.79. The zero-order valence-corrected chi connectivity index (χ0v) is 12.5. The molecular weight excluding hydrogens is 262 g/mol. The van der Waals surface area contributed by atoms with E-state index in [0.29, 0.717) is 0 Å². The number of aryl methyl sites for hydroxylation is 2. The molecule has 1 amide bonds. The summed E-state index contributed by atoms with van der Waals surface area (Å²) in [5.41, 5.74) is 3.87. The number of anilines is 1. The highest BCUT2D eigenvalue weighted by Gasteiger charge is 2.03. The third kappa shape index (κ3) is 3.96. The van der Waals surface area contributed by atoms with Crippen LogP contribution in [-0.2, 0) is 4.79 Å². The summed E-state index contributed by atoms with van der Waals surface area (Å²) in [6.07, 6.45) is 3.26. The molecule has 0 saturated carbocycles. The number of hydrogen-bond acceptors (Lipinski definition) is 2. The summed E-state index contributed by atoms with van der Waals surface area (Å²) in [5, 5.41) is 2.89. The van der Waals surface area contributed by atoms with Gasteiger partial charge in [0.2, 0.25) is 5.91 Å². The maximum absolute atomic E-state index is 12.0. The van der Waals surface area contributed by atoms with Crippen LogP contribution < -0.4 is 10.1 Å². The minimum absolute atomic E-state index is 0.158. The first-order valence-electron chi connectivity index (χ1n) is 6.79. The summed E-state index contributed by atoms with van der Waals surface area (Å²) >= 11 is 0. The minimum atomic E-state index is -0.158. The van der Waals surface area contributed by atoms with Gasteiger partial charge in [-0.15, -0.1) is 0 Å². The van der Waals surface area contributed by atoms with E-state index in [0.717, 1.165) is 28.1 Å². The number of carbonyl (C=O) groups excluding carboxylic acids is 1. The maximum atomic E-state index is 12.0. The van der Waals surface area contributed by atoms with Crippen molar-refractivity contribution in [3.8, 4) is 5.75 Å². The van der Waals surface area contributed by atoms with Gasteiger partial charge in [-0.25, -0.2) is 0 Å². The van der Waals surface area contributed by atoms with E-state index in [1.54, 1.807) is 13.2 Å². The number of methoxy groups -OCH3 is 1. The van der Waals surface area contributed by atoms with E-state index in [9.17, 15) is 4.79 Å². The molecule has 21 heavy (non-hydrogen) atoms. The number of ether oxygens (including phenoxy) is 1. The van der Waals surface area contributed by atoms with Crippen molar-refractivity contribution in [2.24, 2.45) is 0 Å². The van der Waals surface area contributed by atoms with E-state index in [1.807, 2.05) is 56.3 Å². The predicted molar refractivity (Wildman–Crippen MR) is 86.6 cm³/mol. The van der Waals surface area contributed by atoms with Gasteiger partial charge in [0.15, 0.2) is 0 Å². The number of carbonyl (C=O) groups is 1. The van der Waals surface area contributed by atoms with E-state index >= 15 is 0 Å². The van der Waals surface area contributed by atoms with Crippen LogP contribution >= 0.6 is 0 Å². The van der Waals surface area contributed by atoms with Crippen molar-refractivity contribution in [1.29, 1.82) is 0 Å². The molecule has 3 heteroatoms. The van der Waals surface area contributed by atoms with Crippen LogP contribution in [0.3, 0.4) is 0 Å². The largest absolute Gasteiger partial charge is 0.496 e. The van der Waals surface area contributed by atoms with Gasteiger partial charge in [0.1, 0.15) is 5.75 Å². The Kier molecular flexibility index (Phi) is 4.77. The van der Waals surface area contributed by atoms with Gasteiger partial charge in [0, 0.05) is 17.3 Å². The molecule has 0 fully saturated rings. The first kappa shape index (κ1) is 14.9. The van der Waals surface area contributed by atoms with Gasteiger partial charge in [0.05, 0.1) is 7.11 Å². The second-order valence-corrected chi connectivity index (χ2v) is 4.88. The molecule has 0 bridgehead atoms. The fourth-order valence-electron chi connectivity index (χ4n) is 2.01. The monoisotopic (exact) mass is 281 g/mol. The van der Waals surface area contributed by atoms with Crippen molar-refractivity contribution < 1.29 is 9.53 Å². The molecule has 0 aliphatic rings. The summed E-state index contributed by atoms with van der Waals surface area (Å²) in [5.74, 6) is 0.586. The number of para-hydroxylation sites is 1. The van der Waals surface area contributed by atoms with Crippen LogP contribution in [0, 0.1) is 13.8 Å². The topological polar surface area (TPSA) is 38.3 Å². The molecule has 2 aromatic rings. The Labute approximate surface area is 125 Å². The normalized spacial score (nSPS) is 10.6. The molecule has 2 rings (SSSR count). The lowest BCUT2D eigenvalue weighted by Crippen LogP contribution is -2.09. The van der Waals surface area contributed by atoms with Crippen molar-refractivity contribution in [2.45, 2.75) is 13.8 Å². The van der Waals surface area contributed by atoms with Crippen molar-refractivity contribution in [1.82, 2.24) is 0 Å². The third-order valence-corrected chi connectivity index (χ3v) is 3.20. The van der Waals surface area contributed by atoms with Crippen LogP contribution in [0.1, 0.15) is 16.7 Å². The van der Waals surface area contributed by atoms with Crippen LogP contribution in [0.2, 0.25) is 0 Å². The van der Waals surface area contributed by atoms with Gasteiger partial charge in [-0.2, -0.15) is 0 Å². The molecule has 108 valence electrons. The van der Waals surface area contributed by atoms with Gasteiger partial charge >= 0.3 is 0 Å². The van der Waals surface area contributed by atoms with Crippen molar-refractivity contribution in [3.05, 3.63) is 65.2 Å². The Morgan fingerprint density at radius 1 is 1.14 bits per heavy atom. The third-order valence-electron chi connectivity index (χ3n) is 3.20. The zero-order chi connectivity index (χ0) is 15.2. The number of amides is 1. The summed E-state index contributed by atoms with van der Waals surface area (Å²) in [6, 6.07) is 13.6. The predicted octanol–water partition coefficient (Wildman–Crippen LogP) is 3.96. The van der Waals surface area contributed by atoms with Crippen molar-refractivity contribution in [3.63, 3.8) is 0 Å². The highest BCUT2D eigenvalue weighted by Crippen LogP contribution is 2.19. The summed E-state index contributed by atoms with van der Waals surface area (Å²) in [4.78, 5) is 12.0. The van der Waals surface area contributed by atoms with Crippen LogP contribution in [0.4, 0.5) is 5.69 Å². The molecule has 0 saturated heterocycles. The van der Waals surface area contributed by atoms with Crippen LogP contribution in [0.25, 0.3) is 6.08 Å². The standard InChI is InChI=1S/C18H19NO2/c1-13-8-9-14(2)16(12-13)19-18(20)11-10-15-6-4-5-7-17(15)21-3/h4-12H,1-3H3,(H,19,20)/b11-10+. The van der Waals surface area contributed by atoms with E-state index in [2.05, 4.69) is 5.32 Å². The summed E-state index contributed by atoms with van der Waals surface area (Å²) in [6.45, 7) is 3.97. The fourth-order valence-corrected chi connectivity index (χ4v) is 2.01. The summed E-state index contributed by atoms with van der Waals surface area (Å²) in [7, 11) is 1.61. The second kappa shape index (κ2) is 6.75. The molecular formula is C18H19NO2. The zero-order valence-electron chi connectivity index (χ0n) is 12.5. The van der Waals surface area contributed by atoms with Crippen LogP contribution in [-0.4, -0.2) is 13.0 Å². The maximum Gasteiger partial charge on any atom is 0.248 e. The van der Waals surface area contributed by atoms with Crippen molar-refractivity contribution >= 4 is 17.7 Å². The number of nitrogens with one attached hydrogen (secondary N) is 1. The van der Waals surface area contributed by atoms with Crippen LogP contribution in [0.15, 0.2) is 48.5 Å². The Balaban J connectivity index is 2.11. The van der Waals surface area contributed by atoms with E-state index in [1.165, 1.54) is 6.08 Å². The Morgan fingerprint density at radius 3 is 2.67 bits per heavy atom. The molecule has 0 heterocycles. The Hall–Kier alpha value is -2.55. The molecule has 0 atom stereocenters. The van der Waals surface area contributed by atoms with Crippen molar-refractivity contribution in [2.75, 3.05) is 12.4 Å². The smallest absolute Gasteiger partial charge is 0.248 e. The Morgan fingerprint density at radius 2 is 1.90 bits per heavy atom. The Bertz CT molecular complexity index is 675. The molecule has 0 aromatic heterocycles. The molecule has 1 N–H and O–H groups in total. The fraction of sp³-hybridized carbons (Fsp3) is 0.167. The van der Waals surface area contributed by atoms with Gasteiger partial charge in [-0.3, -0.25) is 4.79 Å². The number of rotatable bonds is 4. The van der Waals surface area contributed by atoms with E-state index in [4.69, 9.17) is 4.74 Å². The van der Waals surface area contributed by atoms with Gasteiger partial charge < -0.3 is 10.1 Å². The average molecular weight is 281 g/mol. The number of hydrogen-bond donors (Lipinski definition) is 1. The van der Waals surface area contributed by atoms with Gasteiger partial charge in [0.25, 0.3) is 0 Å². The lowest BCUT2D eigenvalue weighted by atomic mass is 10.1. The lowest BCUT2D eigenvalue weighted by Gasteiger charge is -2.07. The molecule has 0 unspecified atom stereocenters. The molecule has 0 radical (unpaired) electrons.